The number of hydrogen-bond donors (Lipinski definition) is 2. The van der Waals surface area contributed by atoms with Gasteiger partial charge >= 0.3 is 0 Å². The molecule has 3 heterocycles. The molecule has 0 saturated heterocycles. The van der Waals surface area contributed by atoms with Crippen LogP contribution in [0.1, 0.15) is 33.8 Å². The number of rotatable bonds is 7. The molecule has 3 aromatic heterocycles. The van der Waals surface area contributed by atoms with Gasteiger partial charge in [0.15, 0.2) is 0 Å². The van der Waals surface area contributed by atoms with E-state index in [1.54, 1.807) is 53.4 Å². The van der Waals surface area contributed by atoms with Crippen LogP contribution in [-0.2, 0) is 13.6 Å². The normalized spacial score (nSPS) is 11.9. The van der Waals surface area contributed by atoms with Crippen molar-refractivity contribution in [3.8, 4) is 10.4 Å². The van der Waals surface area contributed by atoms with Crippen LogP contribution in [0.3, 0.4) is 0 Å². The van der Waals surface area contributed by atoms with E-state index in [0.29, 0.717) is 23.3 Å². The van der Waals surface area contributed by atoms with Crippen molar-refractivity contribution in [3.63, 3.8) is 0 Å². The number of pyridine rings is 2. The summed E-state index contributed by atoms with van der Waals surface area (Å²) >= 11 is 1.62. The van der Waals surface area contributed by atoms with Gasteiger partial charge < -0.3 is 15.2 Å². The first-order valence-electron chi connectivity index (χ1n) is 11.8. The van der Waals surface area contributed by atoms with Crippen LogP contribution in [0.15, 0.2) is 90.0 Å². The molecular weight excluding hydrogens is 487 g/mol. The maximum absolute atomic E-state index is 13.2. The molecule has 2 N–H and O–H groups in total. The molecule has 5 rings (SSSR count). The van der Waals surface area contributed by atoms with Crippen molar-refractivity contribution in [2.24, 2.45) is 7.05 Å². The topological polar surface area (TPSA) is 76.0 Å². The summed E-state index contributed by atoms with van der Waals surface area (Å²) in [6, 6.07) is 20.9. The van der Waals surface area contributed by atoms with Gasteiger partial charge in [0, 0.05) is 40.1 Å². The summed E-state index contributed by atoms with van der Waals surface area (Å²) in [6.45, 7) is 2.34. The van der Waals surface area contributed by atoms with E-state index >= 15 is 0 Å². The number of aryl methyl sites for hydroxylation is 1. The summed E-state index contributed by atoms with van der Waals surface area (Å²) in [4.78, 5) is 32.0. The Morgan fingerprint density at radius 2 is 1.78 bits per heavy atom. The highest BCUT2D eigenvalue weighted by Crippen LogP contribution is 2.33. The fourth-order valence-corrected chi connectivity index (χ4v) is 5.21. The molecule has 1 amide bonds. The number of hydrogen-bond acceptors (Lipinski definition) is 5. The van der Waals surface area contributed by atoms with Crippen molar-refractivity contribution in [1.82, 2.24) is 14.9 Å². The molecule has 186 valence electrons. The van der Waals surface area contributed by atoms with E-state index < -0.39 is 0 Å². The number of halogens is 1. The van der Waals surface area contributed by atoms with Gasteiger partial charge in [-0.2, -0.15) is 0 Å². The fourth-order valence-electron chi connectivity index (χ4n) is 4.24. The number of nitrogens with one attached hydrogen (secondary N) is 2. The van der Waals surface area contributed by atoms with Gasteiger partial charge in [-0.3, -0.25) is 9.59 Å². The molecule has 0 aliphatic rings. The molecule has 2 aromatic carbocycles. The number of fused-ring (bicyclic) bond motifs is 1. The average Bonchev–Trinajstić information content (AvgIpc) is 3.39. The number of benzene rings is 2. The Morgan fingerprint density at radius 1 is 1.03 bits per heavy atom. The highest BCUT2D eigenvalue weighted by molar-refractivity contribution is 7.15. The van der Waals surface area contributed by atoms with Gasteiger partial charge in [0.2, 0.25) is 0 Å². The summed E-state index contributed by atoms with van der Waals surface area (Å²) < 4.78 is 14.9. The first-order valence-corrected chi connectivity index (χ1v) is 12.6. The molecule has 0 aliphatic heterocycles. The van der Waals surface area contributed by atoms with E-state index in [4.69, 9.17) is 0 Å². The van der Waals surface area contributed by atoms with E-state index in [0.717, 1.165) is 26.3 Å². The molecule has 6 nitrogen and oxygen atoms in total. The van der Waals surface area contributed by atoms with Crippen LogP contribution in [0.2, 0.25) is 0 Å². The van der Waals surface area contributed by atoms with Crippen LogP contribution in [0, 0.1) is 5.82 Å². The van der Waals surface area contributed by atoms with Crippen LogP contribution in [0.25, 0.3) is 21.2 Å². The minimum atomic E-state index is -0.317. The van der Waals surface area contributed by atoms with Crippen molar-refractivity contribution < 1.29 is 9.18 Å². The van der Waals surface area contributed by atoms with E-state index in [9.17, 15) is 14.0 Å². The standard InChI is InChI=1S/C29H25FN4O2S/c1-18(19-9-11-20(30)12-10-19)33-28(35)24-8-5-15-31-27(24)32-16-21-13-14-26(37-21)25-17-34(2)29(36)23-7-4-3-6-22(23)25/h3-15,17-18H,16H2,1-2H3,(H,31,32)(H,33,35). The van der Waals surface area contributed by atoms with Gasteiger partial charge in [0.25, 0.3) is 11.5 Å². The Bertz CT molecular complexity index is 1640. The van der Waals surface area contributed by atoms with Crippen LogP contribution < -0.4 is 16.2 Å². The Kier molecular flexibility index (Phi) is 6.83. The second-order valence-electron chi connectivity index (χ2n) is 8.77. The number of amides is 1. The monoisotopic (exact) mass is 512 g/mol. The second-order valence-corrected chi connectivity index (χ2v) is 9.94. The maximum atomic E-state index is 13.2. The van der Waals surface area contributed by atoms with E-state index in [1.165, 1.54) is 12.1 Å². The van der Waals surface area contributed by atoms with Gasteiger partial charge in [-0.25, -0.2) is 9.37 Å². The van der Waals surface area contributed by atoms with E-state index in [1.807, 2.05) is 49.5 Å². The van der Waals surface area contributed by atoms with Crippen LogP contribution in [0.4, 0.5) is 10.2 Å². The molecule has 1 unspecified atom stereocenters. The van der Waals surface area contributed by atoms with Gasteiger partial charge in [-0.15, -0.1) is 11.3 Å². The second kappa shape index (κ2) is 10.4. The molecule has 0 fully saturated rings. The van der Waals surface area contributed by atoms with Crippen molar-refractivity contribution in [2.75, 3.05) is 5.32 Å². The first-order chi connectivity index (χ1) is 17.9. The Balaban J connectivity index is 1.32. The molecule has 0 radical (unpaired) electrons. The van der Waals surface area contributed by atoms with Gasteiger partial charge in [-0.1, -0.05) is 30.3 Å². The Hall–Kier alpha value is -4.30. The number of carbonyl (C=O) groups excluding carboxylic acids is 1. The Labute approximate surface area is 217 Å². The van der Waals surface area contributed by atoms with Crippen LogP contribution >= 0.6 is 11.3 Å². The molecule has 5 aromatic rings. The van der Waals surface area contributed by atoms with Crippen LogP contribution in [-0.4, -0.2) is 15.5 Å². The number of nitrogens with zero attached hydrogens (tertiary/aromatic N) is 2. The lowest BCUT2D eigenvalue weighted by molar-refractivity contribution is 0.0940. The quantitative estimate of drug-likeness (QED) is 0.285. The van der Waals surface area contributed by atoms with E-state index in [-0.39, 0.29) is 23.3 Å². The van der Waals surface area contributed by atoms with Crippen molar-refractivity contribution in [3.05, 3.63) is 117 Å². The minimum absolute atomic E-state index is 0.0208. The number of carbonyl (C=O) groups is 1. The van der Waals surface area contributed by atoms with Gasteiger partial charge in [0.05, 0.1) is 18.2 Å². The molecule has 0 spiro atoms. The summed E-state index contributed by atoms with van der Waals surface area (Å²) in [5.41, 5.74) is 2.22. The molecule has 0 aliphatic carbocycles. The summed E-state index contributed by atoms with van der Waals surface area (Å²) in [5, 5.41) is 7.85. The predicted octanol–water partition coefficient (Wildman–Crippen LogP) is 5.90. The highest BCUT2D eigenvalue weighted by Gasteiger charge is 2.16. The smallest absolute Gasteiger partial charge is 0.258 e. The first kappa shape index (κ1) is 24.4. The molecule has 37 heavy (non-hydrogen) atoms. The SMILES string of the molecule is CC(NC(=O)c1cccnc1NCc1ccc(-c2cn(C)c(=O)c3ccccc23)s1)c1ccc(F)cc1. The lowest BCUT2D eigenvalue weighted by Gasteiger charge is -2.16. The van der Waals surface area contributed by atoms with Gasteiger partial charge in [-0.05, 0) is 60.3 Å². The van der Waals surface area contributed by atoms with Crippen molar-refractivity contribution in [1.29, 1.82) is 0 Å². The summed E-state index contributed by atoms with van der Waals surface area (Å²) in [7, 11) is 1.76. The average molecular weight is 513 g/mol. The zero-order chi connectivity index (χ0) is 25.9. The summed E-state index contributed by atoms with van der Waals surface area (Å²) in [5.74, 6) is -0.105. The molecule has 8 heteroatoms. The lowest BCUT2D eigenvalue weighted by atomic mass is 10.1. The zero-order valence-electron chi connectivity index (χ0n) is 20.4. The van der Waals surface area contributed by atoms with Crippen molar-refractivity contribution >= 4 is 33.8 Å². The summed E-state index contributed by atoms with van der Waals surface area (Å²) in [6.07, 6.45) is 3.51. The zero-order valence-corrected chi connectivity index (χ0v) is 21.2. The highest BCUT2D eigenvalue weighted by atomic mass is 32.1. The lowest BCUT2D eigenvalue weighted by Crippen LogP contribution is -2.27. The molecule has 0 saturated carbocycles. The predicted molar refractivity (Wildman–Crippen MR) is 146 cm³/mol. The van der Waals surface area contributed by atoms with Crippen LogP contribution in [0.5, 0.6) is 0 Å². The van der Waals surface area contributed by atoms with E-state index in [2.05, 4.69) is 15.6 Å². The van der Waals surface area contributed by atoms with Gasteiger partial charge in [0.1, 0.15) is 11.6 Å². The minimum Gasteiger partial charge on any atom is -0.365 e. The third-order valence-electron chi connectivity index (χ3n) is 6.22. The Morgan fingerprint density at radius 3 is 2.57 bits per heavy atom. The molecular formula is C29H25FN4O2S. The van der Waals surface area contributed by atoms with Crippen molar-refractivity contribution in [2.45, 2.75) is 19.5 Å². The molecule has 0 bridgehead atoms. The maximum Gasteiger partial charge on any atom is 0.258 e. The number of aromatic nitrogens is 2. The number of anilines is 1. The third-order valence-corrected chi connectivity index (χ3v) is 7.34. The molecule has 1 atom stereocenters. The number of thiophene rings is 1. The largest absolute Gasteiger partial charge is 0.365 e. The third kappa shape index (κ3) is 5.15. The fraction of sp³-hybridized carbons (Fsp3) is 0.138.